The van der Waals surface area contributed by atoms with Gasteiger partial charge in [0.25, 0.3) is 0 Å². The van der Waals surface area contributed by atoms with Gasteiger partial charge in [-0.25, -0.2) is 0 Å². The first-order valence-electron chi connectivity index (χ1n) is 7.07. The number of hydrogen-bond donors (Lipinski definition) is 2. The van der Waals surface area contributed by atoms with Gasteiger partial charge in [-0.3, -0.25) is 9.59 Å². The van der Waals surface area contributed by atoms with Crippen LogP contribution in [-0.4, -0.2) is 32.1 Å². The quantitative estimate of drug-likeness (QED) is 0.785. The highest BCUT2D eigenvalue weighted by Crippen LogP contribution is 2.39. The first-order chi connectivity index (χ1) is 10.8. The second kappa shape index (κ2) is 6.99. The van der Waals surface area contributed by atoms with Crippen LogP contribution in [0.1, 0.15) is 12.0 Å². The molecule has 2 amide bonds. The number of rotatable bonds is 6. The fourth-order valence-electron chi connectivity index (χ4n) is 2.16. The molecule has 1 aliphatic carbocycles. The molecule has 126 valence electrons. The standard InChI is InChI=1S/C15H17F3N2O3/c1-23-7-6-19-13(21)11-8-12(11)14(22)20-10-4-2-9(3-5-10)15(16,17)18/h2-5,11-12H,6-8H2,1H3,(H,19,21)(H,20,22). The Morgan fingerprint density at radius 3 is 2.35 bits per heavy atom. The van der Waals surface area contributed by atoms with Crippen molar-refractivity contribution in [2.75, 3.05) is 25.6 Å². The van der Waals surface area contributed by atoms with Crippen molar-refractivity contribution in [3.8, 4) is 0 Å². The highest BCUT2D eigenvalue weighted by molar-refractivity contribution is 5.99. The highest BCUT2D eigenvalue weighted by Gasteiger charge is 2.47. The molecular formula is C15H17F3N2O3. The maximum Gasteiger partial charge on any atom is 0.416 e. The molecule has 1 fully saturated rings. The summed E-state index contributed by atoms with van der Waals surface area (Å²) in [5.74, 6) is -1.41. The number of ether oxygens (including phenoxy) is 1. The van der Waals surface area contributed by atoms with Gasteiger partial charge in [0.05, 0.1) is 24.0 Å². The number of nitrogens with one attached hydrogen (secondary N) is 2. The van der Waals surface area contributed by atoms with Crippen molar-refractivity contribution in [3.05, 3.63) is 29.8 Å². The zero-order valence-electron chi connectivity index (χ0n) is 12.4. The molecule has 0 saturated heterocycles. The number of benzene rings is 1. The number of hydrogen-bond acceptors (Lipinski definition) is 3. The van der Waals surface area contributed by atoms with Crippen LogP contribution in [0.2, 0.25) is 0 Å². The van der Waals surface area contributed by atoms with Crippen LogP contribution in [0, 0.1) is 11.8 Å². The highest BCUT2D eigenvalue weighted by atomic mass is 19.4. The van der Waals surface area contributed by atoms with Crippen LogP contribution in [0.5, 0.6) is 0 Å². The van der Waals surface area contributed by atoms with E-state index >= 15 is 0 Å². The SMILES string of the molecule is COCCNC(=O)C1CC1C(=O)Nc1ccc(C(F)(F)F)cc1. The number of alkyl halides is 3. The first kappa shape index (κ1) is 17.3. The van der Waals surface area contributed by atoms with Crippen LogP contribution < -0.4 is 10.6 Å². The van der Waals surface area contributed by atoms with Gasteiger partial charge in [-0.2, -0.15) is 13.2 Å². The molecule has 0 aliphatic heterocycles. The van der Waals surface area contributed by atoms with Crippen LogP contribution in [0.4, 0.5) is 18.9 Å². The van der Waals surface area contributed by atoms with Crippen molar-refractivity contribution >= 4 is 17.5 Å². The van der Waals surface area contributed by atoms with Crippen LogP contribution in [0.15, 0.2) is 24.3 Å². The van der Waals surface area contributed by atoms with Crippen molar-refractivity contribution < 1.29 is 27.5 Å². The Kier molecular flexibility index (Phi) is 5.25. The van der Waals surface area contributed by atoms with Crippen molar-refractivity contribution in [2.45, 2.75) is 12.6 Å². The van der Waals surface area contributed by atoms with Crippen molar-refractivity contribution in [3.63, 3.8) is 0 Å². The van der Waals surface area contributed by atoms with Crippen LogP contribution in [0.3, 0.4) is 0 Å². The normalized spacial score (nSPS) is 20.0. The summed E-state index contributed by atoms with van der Waals surface area (Å²) < 4.78 is 42.1. The van der Waals surface area contributed by atoms with E-state index in [2.05, 4.69) is 10.6 Å². The summed E-state index contributed by atoms with van der Waals surface area (Å²) in [4.78, 5) is 23.7. The molecule has 2 rings (SSSR count). The summed E-state index contributed by atoms with van der Waals surface area (Å²) in [6.45, 7) is 0.764. The van der Waals surface area contributed by atoms with Gasteiger partial charge >= 0.3 is 6.18 Å². The zero-order chi connectivity index (χ0) is 17.0. The Hall–Kier alpha value is -2.09. The lowest BCUT2D eigenvalue weighted by Crippen LogP contribution is -2.30. The van der Waals surface area contributed by atoms with E-state index in [0.717, 1.165) is 12.1 Å². The Labute approximate surface area is 131 Å². The fraction of sp³-hybridized carbons (Fsp3) is 0.467. The molecule has 23 heavy (non-hydrogen) atoms. The average Bonchev–Trinajstić information content (AvgIpc) is 3.27. The lowest BCUT2D eigenvalue weighted by atomic mass is 10.2. The summed E-state index contributed by atoms with van der Waals surface area (Å²) in [5, 5.41) is 5.17. The average molecular weight is 330 g/mol. The van der Waals surface area contributed by atoms with Gasteiger partial charge < -0.3 is 15.4 Å². The smallest absolute Gasteiger partial charge is 0.383 e. The van der Waals surface area contributed by atoms with Crippen molar-refractivity contribution in [1.29, 1.82) is 0 Å². The minimum atomic E-state index is -4.41. The predicted octanol–water partition coefficient (Wildman–Crippen LogP) is 2.04. The van der Waals surface area contributed by atoms with Crippen LogP contribution >= 0.6 is 0 Å². The summed E-state index contributed by atoms with van der Waals surface area (Å²) >= 11 is 0. The molecule has 0 heterocycles. The third-order valence-electron chi connectivity index (χ3n) is 3.55. The third kappa shape index (κ3) is 4.69. The van der Waals surface area contributed by atoms with E-state index in [1.807, 2.05) is 0 Å². The molecule has 1 aromatic carbocycles. The Balaban J connectivity index is 1.83. The number of carbonyl (C=O) groups is 2. The van der Waals surface area contributed by atoms with Gasteiger partial charge in [0.2, 0.25) is 11.8 Å². The van der Waals surface area contributed by atoms with E-state index < -0.39 is 17.7 Å². The molecule has 0 aromatic heterocycles. The lowest BCUT2D eigenvalue weighted by Gasteiger charge is -2.09. The number of anilines is 1. The maximum atomic E-state index is 12.4. The summed E-state index contributed by atoms with van der Waals surface area (Å²) in [7, 11) is 1.52. The van der Waals surface area contributed by atoms with Crippen molar-refractivity contribution in [2.24, 2.45) is 11.8 Å². The molecule has 0 bridgehead atoms. The molecule has 2 atom stereocenters. The topological polar surface area (TPSA) is 67.4 Å². The number of amides is 2. The van der Waals surface area contributed by atoms with Gasteiger partial charge in [-0.15, -0.1) is 0 Å². The van der Waals surface area contributed by atoms with Gasteiger partial charge in [-0.05, 0) is 30.7 Å². The van der Waals surface area contributed by atoms with Gasteiger partial charge in [0.1, 0.15) is 0 Å². The summed E-state index contributed by atoms with van der Waals surface area (Å²) in [5.41, 5.74) is -0.509. The molecule has 1 aliphatic rings. The van der Waals surface area contributed by atoms with Crippen LogP contribution in [0.25, 0.3) is 0 Å². The molecule has 1 saturated carbocycles. The van der Waals surface area contributed by atoms with E-state index in [1.165, 1.54) is 19.2 Å². The van der Waals surface area contributed by atoms with E-state index in [1.54, 1.807) is 0 Å². The maximum absolute atomic E-state index is 12.4. The molecule has 2 unspecified atom stereocenters. The molecule has 0 spiro atoms. The zero-order valence-corrected chi connectivity index (χ0v) is 12.4. The Morgan fingerprint density at radius 1 is 1.17 bits per heavy atom. The Bertz CT molecular complexity index is 572. The molecule has 5 nitrogen and oxygen atoms in total. The molecule has 0 radical (unpaired) electrons. The number of carbonyl (C=O) groups excluding carboxylic acids is 2. The summed E-state index contributed by atoms with van der Waals surface area (Å²) in [6, 6.07) is 4.18. The Morgan fingerprint density at radius 2 is 1.78 bits per heavy atom. The van der Waals surface area contributed by atoms with Gasteiger partial charge in [0.15, 0.2) is 0 Å². The first-order valence-corrected chi connectivity index (χ1v) is 7.07. The van der Waals surface area contributed by atoms with E-state index in [4.69, 9.17) is 4.74 Å². The minimum absolute atomic E-state index is 0.213. The monoisotopic (exact) mass is 330 g/mol. The molecule has 2 N–H and O–H groups in total. The fourth-order valence-corrected chi connectivity index (χ4v) is 2.16. The number of halogens is 3. The second-order valence-electron chi connectivity index (χ2n) is 5.30. The lowest BCUT2D eigenvalue weighted by molar-refractivity contribution is -0.137. The van der Waals surface area contributed by atoms with E-state index in [-0.39, 0.29) is 23.4 Å². The second-order valence-corrected chi connectivity index (χ2v) is 5.30. The largest absolute Gasteiger partial charge is 0.416 e. The van der Waals surface area contributed by atoms with Crippen molar-refractivity contribution in [1.82, 2.24) is 5.32 Å². The predicted molar refractivity (Wildman–Crippen MR) is 76.6 cm³/mol. The van der Waals surface area contributed by atoms with E-state index in [9.17, 15) is 22.8 Å². The van der Waals surface area contributed by atoms with E-state index in [0.29, 0.717) is 19.6 Å². The molecule has 1 aromatic rings. The minimum Gasteiger partial charge on any atom is -0.383 e. The number of methoxy groups -OCH3 is 1. The molecule has 8 heteroatoms. The van der Waals surface area contributed by atoms with Gasteiger partial charge in [0, 0.05) is 19.3 Å². The third-order valence-corrected chi connectivity index (χ3v) is 3.55. The summed E-state index contributed by atoms with van der Waals surface area (Å²) in [6.07, 6.45) is -3.98. The van der Waals surface area contributed by atoms with Crippen LogP contribution in [-0.2, 0) is 20.5 Å². The van der Waals surface area contributed by atoms with Gasteiger partial charge in [-0.1, -0.05) is 0 Å². The molecular weight excluding hydrogens is 313 g/mol.